The van der Waals surface area contributed by atoms with E-state index >= 15 is 0 Å². The number of rotatable bonds is 6. The molecule has 0 aliphatic heterocycles. The first-order valence-corrected chi connectivity index (χ1v) is 6.89. The van der Waals surface area contributed by atoms with Crippen LogP contribution < -0.4 is 20.1 Å². The number of nitrogens with zero attached hydrogens (tertiary/aromatic N) is 1. The van der Waals surface area contributed by atoms with Crippen LogP contribution in [0.1, 0.15) is 5.69 Å². The molecule has 1 aromatic carbocycles. The van der Waals surface area contributed by atoms with E-state index in [-0.39, 0.29) is 6.03 Å². The number of aromatic nitrogens is 1. The fourth-order valence-corrected chi connectivity index (χ4v) is 1.93. The molecule has 6 heteroatoms. The smallest absolute Gasteiger partial charge is 0.319 e. The molecule has 2 aromatic rings. The Kier molecular flexibility index (Phi) is 5.59. The van der Waals surface area contributed by atoms with Crippen molar-refractivity contribution in [3.05, 3.63) is 48.3 Å². The molecule has 0 atom stereocenters. The number of pyridine rings is 1. The lowest BCUT2D eigenvalue weighted by Crippen LogP contribution is -2.30. The van der Waals surface area contributed by atoms with Crippen molar-refractivity contribution in [3.8, 4) is 11.5 Å². The number of amides is 2. The topological polar surface area (TPSA) is 72.5 Å². The summed E-state index contributed by atoms with van der Waals surface area (Å²) in [6.07, 6.45) is 2.40. The minimum absolute atomic E-state index is 0.303. The third kappa shape index (κ3) is 4.37. The van der Waals surface area contributed by atoms with Crippen molar-refractivity contribution in [2.45, 2.75) is 6.42 Å². The molecule has 2 amide bonds. The van der Waals surface area contributed by atoms with Crippen LogP contribution in [0.4, 0.5) is 10.5 Å². The molecule has 0 aliphatic carbocycles. The summed E-state index contributed by atoms with van der Waals surface area (Å²) in [6, 6.07) is 10.6. The number of ether oxygens (including phenoxy) is 2. The molecule has 2 N–H and O–H groups in total. The molecule has 0 spiro atoms. The van der Waals surface area contributed by atoms with Gasteiger partial charge in [0.15, 0.2) is 0 Å². The SMILES string of the molecule is COc1ccc(OC)c(NC(=O)NCCc2ccccn2)c1. The van der Waals surface area contributed by atoms with Crippen molar-refractivity contribution in [2.75, 3.05) is 26.1 Å². The van der Waals surface area contributed by atoms with Crippen LogP contribution in [-0.2, 0) is 6.42 Å². The van der Waals surface area contributed by atoms with Crippen LogP contribution in [-0.4, -0.2) is 31.8 Å². The van der Waals surface area contributed by atoms with Gasteiger partial charge in [-0.25, -0.2) is 4.79 Å². The van der Waals surface area contributed by atoms with Crippen LogP contribution >= 0.6 is 0 Å². The fourth-order valence-electron chi connectivity index (χ4n) is 1.93. The molecule has 6 nitrogen and oxygen atoms in total. The van der Waals surface area contributed by atoms with Gasteiger partial charge < -0.3 is 20.1 Å². The van der Waals surface area contributed by atoms with Gasteiger partial charge in [-0.3, -0.25) is 4.98 Å². The first-order chi connectivity index (χ1) is 10.7. The number of methoxy groups -OCH3 is 2. The maximum atomic E-state index is 11.9. The molecular formula is C16H19N3O3. The minimum Gasteiger partial charge on any atom is -0.497 e. The Balaban J connectivity index is 1.89. The van der Waals surface area contributed by atoms with Crippen LogP contribution in [0.5, 0.6) is 11.5 Å². The van der Waals surface area contributed by atoms with Gasteiger partial charge in [0.2, 0.25) is 0 Å². The number of carbonyl (C=O) groups excluding carboxylic acids is 1. The van der Waals surface area contributed by atoms with Crippen LogP contribution in [0.25, 0.3) is 0 Å². The normalized spacial score (nSPS) is 9.91. The molecule has 0 aliphatic rings. The summed E-state index contributed by atoms with van der Waals surface area (Å²) in [7, 11) is 3.12. The molecule has 0 radical (unpaired) electrons. The molecule has 1 heterocycles. The number of urea groups is 1. The lowest BCUT2D eigenvalue weighted by molar-refractivity contribution is 0.252. The molecule has 0 saturated carbocycles. The lowest BCUT2D eigenvalue weighted by atomic mass is 10.2. The summed E-state index contributed by atoms with van der Waals surface area (Å²) >= 11 is 0. The van der Waals surface area contributed by atoms with Crippen molar-refractivity contribution >= 4 is 11.7 Å². The molecule has 22 heavy (non-hydrogen) atoms. The van der Waals surface area contributed by atoms with E-state index < -0.39 is 0 Å². The van der Waals surface area contributed by atoms with Gasteiger partial charge in [-0.15, -0.1) is 0 Å². The van der Waals surface area contributed by atoms with Crippen molar-refractivity contribution < 1.29 is 14.3 Å². The lowest BCUT2D eigenvalue weighted by Gasteiger charge is -2.12. The number of benzene rings is 1. The Morgan fingerprint density at radius 1 is 1.18 bits per heavy atom. The number of hydrogen-bond acceptors (Lipinski definition) is 4. The molecule has 1 aromatic heterocycles. The molecule has 0 saturated heterocycles. The number of carbonyl (C=O) groups is 1. The number of hydrogen-bond donors (Lipinski definition) is 2. The van der Waals surface area contributed by atoms with E-state index in [1.807, 2.05) is 18.2 Å². The predicted octanol–water partition coefficient (Wildman–Crippen LogP) is 2.46. The van der Waals surface area contributed by atoms with Gasteiger partial charge in [0.25, 0.3) is 0 Å². The molecule has 2 rings (SSSR count). The van der Waals surface area contributed by atoms with E-state index in [1.165, 1.54) is 0 Å². The zero-order valence-corrected chi connectivity index (χ0v) is 12.6. The van der Waals surface area contributed by atoms with Crippen LogP contribution in [0.2, 0.25) is 0 Å². The average Bonchev–Trinajstić information content (AvgIpc) is 2.55. The Hall–Kier alpha value is -2.76. The van der Waals surface area contributed by atoms with Crippen LogP contribution in [0.15, 0.2) is 42.6 Å². The first kappa shape index (κ1) is 15.6. The summed E-state index contributed by atoms with van der Waals surface area (Å²) < 4.78 is 10.4. The Labute approximate surface area is 129 Å². The maximum absolute atomic E-state index is 11.9. The van der Waals surface area contributed by atoms with Crippen molar-refractivity contribution in [3.63, 3.8) is 0 Å². The second-order valence-electron chi connectivity index (χ2n) is 4.52. The minimum atomic E-state index is -0.303. The zero-order chi connectivity index (χ0) is 15.8. The average molecular weight is 301 g/mol. The van der Waals surface area contributed by atoms with E-state index in [0.717, 1.165) is 5.69 Å². The molecule has 116 valence electrons. The van der Waals surface area contributed by atoms with E-state index in [1.54, 1.807) is 38.6 Å². The standard InChI is InChI=1S/C16H19N3O3/c1-21-13-6-7-15(22-2)14(11-13)19-16(20)18-10-8-12-5-3-4-9-17-12/h3-7,9,11H,8,10H2,1-2H3,(H2,18,19,20). The van der Waals surface area contributed by atoms with Crippen molar-refractivity contribution in [1.82, 2.24) is 10.3 Å². The number of anilines is 1. The van der Waals surface area contributed by atoms with E-state index in [4.69, 9.17) is 9.47 Å². The Morgan fingerprint density at radius 2 is 2.05 bits per heavy atom. The van der Waals surface area contributed by atoms with Gasteiger partial charge in [-0.05, 0) is 24.3 Å². The van der Waals surface area contributed by atoms with E-state index in [9.17, 15) is 4.79 Å². The van der Waals surface area contributed by atoms with Gasteiger partial charge >= 0.3 is 6.03 Å². The second kappa shape index (κ2) is 7.87. The summed E-state index contributed by atoms with van der Waals surface area (Å²) in [6.45, 7) is 0.495. The highest BCUT2D eigenvalue weighted by Gasteiger charge is 2.08. The highest BCUT2D eigenvalue weighted by atomic mass is 16.5. The van der Waals surface area contributed by atoms with Gasteiger partial charge in [0.1, 0.15) is 11.5 Å². The molecule has 0 fully saturated rings. The summed E-state index contributed by atoms with van der Waals surface area (Å²) in [4.78, 5) is 16.1. The van der Waals surface area contributed by atoms with Gasteiger partial charge in [0, 0.05) is 30.9 Å². The van der Waals surface area contributed by atoms with Crippen LogP contribution in [0, 0.1) is 0 Å². The quantitative estimate of drug-likeness (QED) is 0.859. The summed E-state index contributed by atoms with van der Waals surface area (Å²) in [5.74, 6) is 1.21. The van der Waals surface area contributed by atoms with E-state index in [2.05, 4.69) is 15.6 Å². The van der Waals surface area contributed by atoms with Gasteiger partial charge in [0.05, 0.1) is 19.9 Å². The first-order valence-electron chi connectivity index (χ1n) is 6.89. The molecule has 0 bridgehead atoms. The highest BCUT2D eigenvalue weighted by Crippen LogP contribution is 2.28. The third-order valence-corrected chi connectivity index (χ3v) is 3.05. The predicted molar refractivity (Wildman–Crippen MR) is 84.5 cm³/mol. The Bertz CT molecular complexity index is 617. The van der Waals surface area contributed by atoms with Crippen molar-refractivity contribution in [1.29, 1.82) is 0 Å². The Morgan fingerprint density at radius 3 is 2.73 bits per heavy atom. The highest BCUT2D eigenvalue weighted by molar-refractivity contribution is 5.91. The molecule has 0 unspecified atom stereocenters. The largest absolute Gasteiger partial charge is 0.497 e. The molecular weight excluding hydrogens is 282 g/mol. The third-order valence-electron chi connectivity index (χ3n) is 3.05. The number of nitrogens with one attached hydrogen (secondary N) is 2. The monoisotopic (exact) mass is 301 g/mol. The van der Waals surface area contributed by atoms with Gasteiger partial charge in [-0.2, -0.15) is 0 Å². The summed E-state index contributed by atoms with van der Waals surface area (Å²) in [5, 5.41) is 5.53. The summed E-state index contributed by atoms with van der Waals surface area (Å²) in [5.41, 5.74) is 1.49. The van der Waals surface area contributed by atoms with Crippen molar-refractivity contribution in [2.24, 2.45) is 0 Å². The van der Waals surface area contributed by atoms with E-state index in [0.29, 0.717) is 30.2 Å². The maximum Gasteiger partial charge on any atom is 0.319 e. The van der Waals surface area contributed by atoms with Crippen LogP contribution in [0.3, 0.4) is 0 Å². The second-order valence-corrected chi connectivity index (χ2v) is 4.52. The fraction of sp³-hybridized carbons (Fsp3) is 0.250. The zero-order valence-electron chi connectivity index (χ0n) is 12.6. The van der Waals surface area contributed by atoms with Gasteiger partial charge in [-0.1, -0.05) is 6.07 Å².